The molecule has 1 amide bonds. The number of ether oxygens (including phenoxy) is 1. The first-order chi connectivity index (χ1) is 14.6. The standard InChI is InChI=1S/C22H31N5O3/c1-5-12-23-21-17(22(28)25(2)30-4)10-11-20(24-21)27-15-13-26(14-16-27)18-8-6-7-9-19(18)29-3/h6-11H,5,12-16H2,1-4H3,(H,23,24). The fraction of sp³-hybridized carbons (Fsp3) is 0.455. The van der Waals surface area contributed by atoms with Crippen molar-refractivity contribution in [1.29, 1.82) is 0 Å². The zero-order valence-corrected chi connectivity index (χ0v) is 18.2. The number of piperazine rings is 1. The highest BCUT2D eigenvalue weighted by Gasteiger charge is 2.23. The van der Waals surface area contributed by atoms with Gasteiger partial charge in [-0.25, -0.2) is 10.0 Å². The van der Waals surface area contributed by atoms with Crippen LogP contribution in [0.25, 0.3) is 0 Å². The van der Waals surface area contributed by atoms with Gasteiger partial charge in [0.15, 0.2) is 0 Å². The van der Waals surface area contributed by atoms with Crippen LogP contribution < -0.4 is 19.9 Å². The number of benzene rings is 1. The molecule has 1 fully saturated rings. The van der Waals surface area contributed by atoms with E-state index in [-0.39, 0.29) is 5.91 Å². The quantitative estimate of drug-likeness (QED) is 0.667. The van der Waals surface area contributed by atoms with Crippen molar-refractivity contribution in [2.24, 2.45) is 0 Å². The van der Waals surface area contributed by atoms with Gasteiger partial charge in [-0.2, -0.15) is 0 Å². The maximum atomic E-state index is 12.6. The van der Waals surface area contributed by atoms with Crippen LogP contribution in [0.2, 0.25) is 0 Å². The number of amides is 1. The number of para-hydroxylation sites is 2. The highest BCUT2D eigenvalue weighted by atomic mass is 16.7. The molecular weight excluding hydrogens is 382 g/mol. The van der Waals surface area contributed by atoms with Crippen molar-refractivity contribution in [1.82, 2.24) is 10.0 Å². The Balaban J connectivity index is 1.75. The van der Waals surface area contributed by atoms with E-state index in [4.69, 9.17) is 14.6 Å². The lowest BCUT2D eigenvalue weighted by atomic mass is 10.2. The first kappa shape index (κ1) is 21.7. The number of nitrogens with zero attached hydrogens (tertiary/aromatic N) is 4. The van der Waals surface area contributed by atoms with Crippen molar-refractivity contribution in [3.05, 3.63) is 42.0 Å². The maximum absolute atomic E-state index is 12.6. The number of hydroxylamine groups is 2. The van der Waals surface area contributed by atoms with Crippen LogP contribution in [0.15, 0.2) is 36.4 Å². The average Bonchev–Trinajstić information content (AvgIpc) is 2.81. The molecule has 1 saturated heterocycles. The molecule has 1 aromatic heterocycles. The van der Waals surface area contributed by atoms with Crippen LogP contribution in [-0.4, -0.2) is 69.9 Å². The third kappa shape index (κ3) is 4.76. The number of methoxy groups -OCH3 is 1. The number of rotatable bonds is 8. The molecule has 1 aromatic carbocycles. The van der Waals surface area contributed by atoms with E-state index in [2.05, 4.69) is 28.1 Å². The summed E-state index contributed by atoms with van der Waals surface area (Å²) >= 11 is 0. The van der Waals surface area contributed by atoms with Crippen LogP contribution in [-0.2, 0) is 4.84 Å². The first-order valence-electron chi connectivity index (χ1n) is 10.3. The van der Waals surface area contributed by atoms with Crippen LogP contribution >= 0.6 is 0 Å². The highest BCUT2D eigenvalue weighted by Crippen LogP contribution is 2.29. The van der Waals surface area contributed by atoms with E-state index >= 15 is 0 Å². The average molecular weight is 414 g/mol. The van der Waals surface area contributed by atoms with E-state index in [0.29, 0.717) is 11.4 Å². The first-order valence-corrected chi connectivity index (χ1v) is 10.3. The van der Waals surface area contributed by atoms with Crippen LogP contribution in [0.5, 0.6) is 5.75 Å². The molecule has 2 aromatic rings. The Bertz CT molecular complexity index is 852. The molecule has 0 unspecified atom stereocenters. The minimum Gasteiger partial charge on any atom is -0.495 e. The summed E-state index contributed by atoms with van der Waals surface area (Å²) in [5, 5.41) is 4.49. The number of carbonyl (C=O) groups is 1. The minimum absolute atomic E-state index is 0.226. The van der Waals surface area contributed by atoms with Gasteiger partial charge in [-0.1, -0.05) is 19.1 Å². The molecule has 0 bridgehead atoms. The molecule has 3 rings (SSSR count). The number of anilines is 3. The van der Waals surface area contributed by atoms with Crippen LogP contribution in [0.3, 0.4) is 0 Å². The third-order valence-corrected chi connectivity index (χ3v) is 5.24. The Morgan fingerprint density at radius 3 is 2.47 bits per heavy atom. The van der Waals surface area contributed by atoms with Crippen LogP contribution in [0, 0.1) is 0 Å². The highest BCUT2D eigenvalue weighted by molar-refractivity contribution is 5.98. The Morgan fingerprint density at radius 2 is 1.80 bits per heavy atom. The van der Waals surface area contributed by atoms with Gasteiger partial charge in [-0.3, -0.25) is 9.63 Å². The second kappa shape index (κ2) is 10.2. The van der Waals surface area contributed by atoms with Crippen molar-refractivity contribution in [2.75, 3.05) is 69.1 Å². The summed E-state index contributed by atoms with van der Waals surface area (Å²) < 4.78 is 5.51. The van der Waals surface area contributed by atoms with Gasteiger partial charge >= 0.3 is 0 Å². The van der Waals surface area contributed by atoms with E-state index in [1.165, 1.54) is 12.2 Å². The lowest BCUT2D eigenvalue weighted by Crippen LogP contribution is -2.47. The van der Waals surface area contributed by atoms with Crippen molar-refractivity contribution >= 4 is 23.2 Å². The Morgan fingerprint density at radius 1 is 1.10 bits per heavy atom. The van der Waals surface area contributed by atoms with Gasteiger partial charge in [0.05, 0.1) is 25.5 Å². The molecule has 0 radical (unpaired) electrons. The number of hydrogen-bond acceptors (Lipinski definition) is 7. The van der Waals surface area contributed by atoms with E-state index in [1.807, 2.05) is 30.3 Å². The Hall–Kier alpha value is -3.00. The predicted octanol–water partition coefficient (Wildman–Crippen LogP) is 2.87. The molecule has 30 heavy (non-hydrogen) atoms. The summed E-state index contributed by atoms with van der Waals surface area (Å²) in [6, 6.07) is 11.8. The van der Waals surface area contributed by atoms with E-state index in [0.717, 1.165) is 56.4 Å². The Kier molecular flexibility index (Phi) is 7.35. The maximum Gasteiger partial charge on any atom is 0.280 e. The zero-order valence-electron chi connectivity index (χ0n) is 18.2. The lowest BCUT2D eigenvalue weighted by Gasteiger charge is -2.37. The SMILES string of the molecule is CCCNc1nc(N2CCN(c3ccccc3OC)CC2)ccc1C(=O)N(C)OC. The fourth-order valence-electron chi connectivity index (χ4n) is 3.50. The molecule has 0 spiro atoms. The summed E-state index contributed by atoms with van der Waals surface area (Å²) in [7, 11) is 4.77. The lowest BCUT2D eigenvalue weighted by molar-refractivity contribution is -0.0756. The van der Waals surface area contributed by atoms with Crippen molar-refractivity contribution in [3.8, 4) is 5.75 Å². The molecule has 8 heteroatoms. The smallest absolute Gasteiger partial charge is 0.280 e. The van der Waals surface area contributed by atoms with Gasteiger partial charge in [0, 0.05) is 39.8 Å². The van der Waals surface area contributed by atoms with Gasteiger partial charge < -0.3 is 19.9 Å². The third-order valence-electron chi connectivity index (χ3n) is 5.24. The molecule has 0 saturated carbocycles. The topological polar surface area (TPSA) is 70.2 Å². The number of aromatic nitrogens is 1. The monoisotopic (exact) mass is 413 g/mol. The molecule has 2 heterocycles. The number of carbonyl (C=O) groups excluding carboxylic acids is 1. The molecular formula is C22H31N5O3. The number of hydrogen-bond donors (Lipinski definition) is 1. The molecule has 1 aliphatic rings. The summed E-state index contributed by atoms with van der Waals surface area (Å²) in [6.07, 6.45) is 0.942. The van der Waals surface area contributed by atoms with Gasteiger partial charge in [-0.05, 0) is 30.7 Å². The molecule has 0 aliphatic carbocycles. The summed E-state index contributed by atoms with van der Waals surface area (Å²) in [4.78, 5) is 27.0. The normalized spacial score (nSPS) is 13.9. The fourth-order valence-corrected chi connectivity index (χ4v) is 3.50. The van der Waals surface area contributed by atoms with Crippen LogP contribution in [0.4, 0.5) is 17.3 Å². The predicted molar refractivity (Wildman–Crippen MR) is 120 cm³/mol. The van der Waals surface area contributed by atoms with Gasteiger partial charge in [0.1, 0.15) is 17.4 Å². The summed E-state index contributed by atoms with van der Waals surface area (Å²) in [5.41, 5.74) is 1.62. The molecule has 162 valence electrons. The minimum atomic E-state index is -0.226. The van der Waals surface area contributed by atoms with Gasteiger partial charge in [0.25, 0.3) is 5.91 Å². The molecule has 1 N–H and O–H groups in total. The van der Waals surface area contributed by atoms with Crippen molar-refractivity contribution in [3.63, 3.8) is 0 Å². The molecule has 0 atom stereocenters. The molecule has 1 aliphatic heterocycles. The largest absolute Gasteiger partial charge is 0.495 e. The van der Waals surface area contributed by atoms with Crippen LogP contribution in [0.1, 0.15) is 23.7 Å². The van der Waals surface area contributed by atoms with Crippen molar-refractivity contribution in [2.45, 2.75) is 13.3 Å². The van der Waals surface area contributed by atoms with E-state index < -0.39 is 0 Å². The van der Waals surface area contributed by atoms with Gasteiger partial charge in [0.2, 0.25) is 0 Å². The second-order valence-corrected chi connectivity index (χ2v) is 7.12. The van der Waals surface area contributed by atoms with E-state index in [9.17, 15) is 4.79 Å². The number of pyridine rings is 1. The van der Waals surface area contributed by atoms with Gasteiger partial charge in [-0.15, -0.1) is 0 Å². The summed E-state index contributed by atoms with van der Waals surface area (Å²) in [5.74, 6) is 2.12. The zero-order chi connectivity index (χ0) is 21.5. The molecule has 8 nitrogen and oxygen atoms in total. The Labute approximate surface area is 178 Å². The van der Waals surface area contributed by atoms with E-state index in [1.54, 1.807) is 14.2 Å². The second-order valence-electron chi connectivity index (χ2n) is 7.12. The van der Waals surface area contributed by atoms with Crippen molar-refractivity contribution < 1.29 is 14.4 Å². The summed E-state index contributed by atoms with van der Waals surface area (Å²) in [6.45, 7) is 6.23. The number of nitrogens with one attached hydrogen (secondary N) is 1.